The number of nitrogens with zero attached hydrogens (tertiary/aromatic N) is 5. The Hall–Kier alpha value is -1.43. The van der Waals surface area contributed by atoms with Gasteiger partial charge in [0.2, 0.25) is 0 Å². The van der Waals surface area contributed by atoms with Crippen molar-refractivity contribution in [3.05, 3.63) is 12.4 Å². The predicted octanol–water partition coefficient (Wildman–Crippen LogP) is 1.20. The van der Waals surface area contributed by atoms with Crippen molar-refractivity contribution in [2.45, 2.75) is 38.1 Å². The minimum atomic E-state index is -0.103. The normalized spacial score (nSPS) is 22.6. The number of rotatable bonds is 1. The third kappa shape index (κ3) is 2.78. The van der Waals surface area contributed by atoms with Gasteiger partial charge in [-0.1, -0.05) is 24.1 Å². The minimum absolute atomic E-state index is 0.103. The number of aromatic nitrogens is 3. The van der Waals surface area contributed by atoms with Crippen molar-refractivity contribution >= 4 is 6.03 Å². The van der Waals surface area contributed by atoms with Crippen molar-refractivity contribution in [1.29, 1.82) is 0 Å². The molecule has 1 amide bonds. The van der Waals surface area contributed by atoms with Crippen LogP contribution >= 0.6 is 0 Å². The van der Waals surface area contributed by atoms with Crippen LogP contribution in [0.2, 0.25) is 0 Å². The van der Waals surface area contributed by atoms with Crippen LogP contribution in [0.25, 0.3) is 0 Å². The van der Waals surface area contributed by atoms with Crippen LogP contribution in [0.4, 0.5) is 4.79 Å². The molecule has 1 saturated heterocycles. The van der Waals surface area contributed by atoms with Crippen LogP contribution < -0.4 is 0 Å². The van der Waals surface area contributed by atoms with Crippen molar-refractivity contribution in [3.63, 3.8) is 0 Å². The molecule has 1 aliphatic heterocycles. The zero-order chi connectivity index (χ0) is 13.1. The summed E-state index contributed by atoms with van der Waals surface area (Å²) >= 11 is 0. The van der Waals surface area contributed by atoms with Gasteiger partial charge in [0.1, 0.15) is 0 Å². The summed E-state index contributed by atoms with van der Waals surface area (Å²) in [5.74, 6) is 0. The first kappa shape index (κ1) is 12.6. The first-order valence-corrected chi connectivity index (χ1v) is 7.24. The third-order valence-electron chi connectivity index (χ3n) is 4.27. The molecule has 1 saturated carbocycles. The molecular weight excluding hydrogens is 242 g/mol. The number of carbonyl (C=O) groups is 1. The maximum atomic E-state index is 12.1. The van der Waals surface area contributed by atoms with E-state index in [2.05, 4.69) is 15.1 Å². The maximum absolute atomic E-state index is 12.1. The van der Waals surface area contributed by atoms with Crippen molar-refractivity contribution in [3.8, 4) is 0 Å². The molecule has 19 heavy (non-hydrogen) atoms. The molecule has 2 heterocycles. The topological polar surface area (TPSA) is 54.3 Å². The summed E-state index contributed by atoms with van der Waals surface area (Å²) in [4.78, 5) is 17.7. The van der Waals surface area contributed by atoms with E-state index in [0.717, 1.165) is 32.2 Å². The van der Waals surface area contributed by atoms with Crippen molar-refractivity contribution in [2.75, 3.05) is 26.2 Å². The molecule has 0 radical (unpaired) electrons. The fourth-order valence-corrected chi connectivity index (χ4v) is 3.17. The number of amides is 1. The Labute approximate surface area is 113 Å². The molecule has 104 valence electrons. The second-order valence-electron chi connectivity index (χ2n) is 5.42. The van der Waals surface area contributed by atoms with E-state index in [1.807, 2.05) is 4.90 Å². The van der Waals surface area contributed by atoms with Gasteiger partial charge in [-0.25, -0.2) is 4.79 Å². The Kier molecular flexibility index (Phi) is 3.77. The largest absolute Gasteiger partial charge is 0.362 e. The van der Waals surface area contributed by atoms with Gasteiger partial charge < -0.3 is 4.90 Å². The lowest BCUT2D eigenvalue weighted by atomic mass is 9.94. The number of carbonyl (C=O) groups excluding carboxylic acids is 1. The lowest BCUT2D eigenvalue weighted by Gasteiger charge is -2.40. The predicted molar refractivity (Wildman–Crippen MR) is 70.8 cm³/mol. The second kappa shape index (κ2) is 5.69. The van der Waals surface area contributed by atoms with Crippen LogP contribution in [0.5, 0.6) is 0 Å². The average molecular weight is 263 g/mol. The Morgan fingerprint density at radius 1 is 0.947 bits per heavy atom. The van der Waals surface area contributed by atoms with Gasteiger partial charge in [0, 0.05) is 32.2 Å². The molecule has 6 heteroatoms. The quantitative estimate of drug-likeness (QED) is 0.764. The Morgan fingerprint density at radius 2 is 1.58 bits per heavy atom. The highest BCUT2D eigenvalue weighted by molar-refractivity contribution is 5.74. The lowest BCUT2D eigenvalue weighted by Crippen LogP contribution is -2.53. The van der Waals surface area contributed by atoms with E-state index in [0.29, 0.717) is 0 Å². The summed E-state index contributed by atoms with van der Waals surface area (Å²) in [6.45, 7) is 3.54. The van der Waals surface area contributed by atoms with Gasteiger partial charge in [-0.2, -0.15) is 10.2 Å². The third-order valence-corrected chi connectivity index (χ3v) is 4.27. The Bertz CT molecular complexity index is 405. The molecule has 0 atom stereocenters. The molecule has 1 aromatic heterocycles. The van der Waals surface area contributed by atoms with E-state index in [1.54, 1.807) is 0 Å². The van der Waals surface area contributed by atoms with Crippen LogP contribution in [-0.4, -0.2) is 63.0 Å². The molecule has 0 spiro atoms. The Morgan fingerprint density at radius 3 is 2.21 bits per heavy atom. The van der Waals surface area contributed by atoms with Crippen LogP contribution in [0.15, 0.2) is 12.4 Å². The second-order valence-corrected chi connectivity index (χ2v) is 5.42. The maximum Gasteiger partial charge on any atom is 0.362 e. The smallest absolute Gasteiger partial charge is 0.319 e. The highest BCUT2D eigenvalue weighted by atomic mass is 16.2. The fraction of sp³-hybridized carbons (Fsp3) is 0.769. The molecule has 1 aliphatic carbocycles. The fourth-order valence-electron chi connectivity index (χ4n) is 3.17. The first-order valence-electron chi connectivity index (χ1n) is 7.24. The number of hydrogen-bond acceptors (Lipinski definition) is 4. The first-order chi connectivity index (χ1) is 9.34. The van der Waals surface area contributed by atoms with E-state index < -0.39 is 0 Å². The zero-order valence-corrected chi connectivity index (χ0v) is 11.2. The molecule has 3 rings (SSSR count). The van der Waals surface area contributed by atoms with Crippen LogP contribution in [0, 0.1) is 0 Å². The van der Waals surface area contributed by atoms with Gasteiger partial charge >= 0.3 is 6.03 Å². The molecule has 2 aliphatic rings. The SMILES string of the molecule is O=C(N1CCN(C2CCCCC2)CC1)n1nccn1. The summed E-state index contributed by atoms with van der Waals surface area (Å²) < 4.78 is 0. The summed E-state index contributed by atoms with van der Waals surface area (Å²) in [6.07, 6.45) is 9.84. The minimum Gasteiger partial charge on any atom is -0.319 e. The van der Waals surface area contributed by atoms with Crippen molar-refractivity contribution in [2.24, 2.45) is 0 Å². The van der Waals surface area contributed by atoms with Crippen LogP contribution in [0.1, 0.15) is 32.1 Å². The lowest BCUT2D eigenvalue weighted by molar-refractivity contribution is 0.0892. The standard InChI is InChI=1S/C13H21N5O/c19-13(18-14-6-7-15-18)17-10-8-16(9-11-17)12-4-2-1-3-5-12/h6-7,12H,1-5,8-11H2. The average Bonchev–Trinajstić information content (AvgIpc) is 3.02. The van der Waals surface area contributed by atoms with Gasteiger partial charge in [0.25, 0.3) is 0 Å². The van der Waals surface area contributed by atoms with E-state index >= 15 is 0 Å². The van der Waals surface area contributed by atoms with E-state index in [1.165, 1.54) is 49.3 Å². The van der Waals surface area contributed by atoms with Gasteiger partial charge in [0.15, 0.2) is 0 Å². The summed E-state index contributed by atoms with van der Waals surface area (Å²) in [7, 11) is 0. The van der Waals surface area contributed by atoms with Crippen LogP contribution in [0.3, 0.4) is 0 Å². The molecule has 0 N–H and O–H groups in total. The van der Waals surface area contributed by atoms with Crippen molar-refractivity contribution in [1.82, 2.24) is 24.8 Å². The number of hydrogen-bond donors (Lipinski definition) is 0. The molecule has 0 bridgehead atoms. The summed E-state index contributed by atoms with van der Waals surface area (Å²) in [5.41, 5.74) is 0. The molecular formula is C13H21N5O. The highest BCUT2D eigenvalue weighted by Gasteiger charge is 2.27. The van der Waals surface area contributed by atoms with Gasteiger partial charge in [-0.3, -0.25) is 4.90 Å². The van der Waals surface area contributed by atoms with E-state index in [4.69, 9.17) is 0 Å². The summed E-state index contributed by atoms with van der Waals surface area (Å²) in [6, 6.07) is 0.641. The van der Waals surface area contributed by atoms with E-state index in [-0.39, 0.29) is 6.03 Å². The number of piperazine rings is 1. The Balaban J connectivity index is 1.53. The summed E-state index contributed by atoms with van der Waals surface area (Å²) in [5, 5.41) is 7.80. The van der Waals surface area contributed by atoms with Gasteiger partial charge in [0.05, 0.1) is 12.4 Å². The molecule has 0 aromatic carbocycles. The zero-order valence-electron chi connectivity index (χ0n) is 11.2. The van der Waals surface area contributed by atoms with Gasteiger partial charge in [-0.05, 0) is 12.8 Å². The van der Waals surface area contributed by atoms with E-state index in [9.17, 15) is 4.79 Å². The van der Waals surface area contributed by atoms with Crippen molar-refractivity contribution < 1.29 is 4.79 Å². The highest BCUT2D eigenvalue weighted by Crippen LogP contribution is 2.23. The molecule has 6 nitrogen and oxygen atoms in total. The monoisotopic (exact) mass is 263 g/mol. The van der Waals surface area contributed by atoms with Crippen LogP contribution in [-0.2, 0) is 0 Å². The van der Waals surface area contributed by atoms with Gasteiger partial charge in [-0.15, -0.1) is 0 Å². The molecule has 1 aromatic rings. The molecule has 0 unspecified atom stereocenters. The molecule has 2 fully saturated rings.